The maximum atomic E-state index is 12.8. The van der Waals surface area contributed by atoms with E-state index in [4.69, 9.17) is 0 Å². The van der Waals surface area contributed by atoms with Crippen LogP contribution in [0.15, 0.2) is 65.1 Å². The van der Waals surface area contributed by atoms with Gasteiger partial charge in [-0.2, -0.15) is 0 Å². The van der Waals surface area contributed by atoms with Crippen LogP contribution in [0.5, 0.6) is 0 Å². The molecule has 20 heavy (non-hydrogen) atoms. The summed E-state index contributed by atoms with van der Waals surface area (Å²) < 4.78 is 25.7. The van der Waals surface area contributed by atoms with Gasteiger partial charge in [0.2, 0.25) is 9.84 Å². The van der Waals surface area contributed by atoms with Gasteiger partial charge in [0.05, 0.1) is 9.80 Å². The molecule has 2 aromatic rings. The summed E-state index contributed by atoms with van der Waals surface area (Å²) in [6.07, 6.45) is 0. The van der Waals surface area contributed by atoms with Crippen LogP contribution in [0.3, 0.4) is 0 Å². The van der Waals surface area contributed by atoms with E-state index in [0.717, 1.165) is 16.7 Å². The second-order valence-electron chi connectivity index (χ2n) is 5.01. The molecule has 2 rings (SSSR count). The van der Waals surface area contributed by atoms with Crippen LogP contribution in [0.2, 0.25) is 0 Å². The molecular weight excluding hydrogens is 268 g/mol. The summed E-state index contributed by atoms with van der Waals surface area (Å²) in [4.78, 5) is 0.727. The number of rotatable bonds is 3. The summed E-state index contributed by atoms with van der Waals surface area (Å²) in [6, 6.07) is 16.2. The van der Waals surface area contributed by atoms with Crippen LogP contribution in [0, 0.1) is 6.92 Å². The van der Waals surface area contributed by atoms with E-state index in [0.29, 0.717) is 9.80 Å². The van der Waals surface area contributed by atoms with Gasteiger partial charge in [0.25, 0.3) is 0 Å². The number of allylic oxidation sites excluding steroid dienone is 1. The van der Waals surface area contributed by atoms with Gasteiger partial charge < -0.3 is 0 Å². The van der Waals surface area contributed by atoms with E-state index < -0.39 is 9.84 Å². The first-order valence-corrected chi connectivity index (χ1v) is 7.96. The molecular formula is C17H18O2S. The Morgan fingerprint density at radius 2 is 1.40 bits per heavy atom. The standard InChI is InChI=1S/C17H18O2S/c1-13(2)17(15-7-5-4-6-8-15)20(18,19)16-11-9-14(3)10-12-16/h4-12H,1-3H3. The first-order chi connectivity index (χ1) is 9.43. The van der Waals surface area contributed by atoms with Crippen molar-refractivity contribution in [3.63, 3.8) is 0 Å². The lowest BCUT2D eigenvalue weighted by molar-refractivity contribution is 0.605. The molecule has 0 amide bonds. The third-order valence-corrected chi connectivity index (χ3v) is 5.16. The highest BCUT2D eigenvalue weighted by Gasteiger charge is 2.23. The van der Waals surface area contributed by atoms with Crippen LogP contribution < -0.4 is 0 Å². The second-order valence-corrected chi connectivity index (χ2v) is 6.90. The molecule has 0 fully saturated rings. The molecule has 0 aromatic heterocycles. The Balaban J connectivity index is 2.62. The van der Waals surface area contributed by atoms with Gasteiger partial charge in [-0.3, -0.25) is 0 Å². The van der Waals surface area contributed by atoms with E-state index >= 15 is 0 Å². The van der Waals surface area contributed by atoms with Crippen molar-refractivity contribution in [1.82, 2.24) is 0 Å². The number of aryl methyl sites for hydroxylation is 1. The Hall–Kier alpha value is -1.87. The van der Waals surface area contributed by atoms with Crippen molar-refractivity contribution in [3.8, 4) is 0 Å². The van der Waals surface area contributed by atoms with Gasteiger partial charge >= 0.3 is 0 Å². The van der Waals surface area contributed by atoms with Gasteiger partial charge in [-0.15, -0.1) is 0 Å². The average Bonchev–Trinajstić information content (AvgIpc) is 2.39. The van der Waals surface area contributed by atoms with E-state index in [-0.39, 0.29) is 0 Å². The minimum atomic E-state index is -3.49. The van der Waals surface area contributed by atoms with Crippen molar-refractivity contribution in [2.75, 3.05) is 0 Å². The molecule has 3 heteroatoms. The summed E-state index contributed by atoms with van der Waals surface area (Å²) >= 11 is 0. The number of benzene rings is 2. The summed E-state index contributed by atoms with van der Waals surface area (Å²) in [5, 5.41) is 0. The van der Waals surface area contributed by atoms with Crippen molar-refractivity contribution in [2.24, 2.45) is 0 Å². The largest absolute Gasteiger partial charge is 0.218 e. The SMILES string of the molecule is CC(C)=C(c1ccccc1)S(=O)(=O)c1ccc(C)cc1. The fraction of sp³-hybridized carbons (Fsp3) is 0.176. The Morgan fingerprint density at radius 1 is 0.850 bits per heavy atom. The smallest absolute Gasteiger partial charge is 0.207 e. The van der Waals surface area contributed by atoms with Crippen LogP contribution >= 0.6 is 0 Å². The zero-order valence-corrected chi connectivity index (χ0v) is 12.7. The van der Waals surface area contributed by atoms with Crippen LogP contribution in [0.4, 0.5) is 0 Å². The van der Waals surface area contributed by atoms with Gasteiger partial charge in [0.15, 0.2) is 0 Å². The molecule has 0 bridgehead atoms. The molecule has 0 atom stereocenters. The van der Waals surface area contributed by atoms with Gasteiger partial charge in [0, 0.05) is 0 Å². The molecule has 0 heterocycles. The van der Waals surface area contributed by atoms with Crippen molar-refractivity contribution >= 4 is 14.7 Å². The van der Waals surface area contributed by atoms with Gasteiger partial charge in [-0.05, 0) is 38.5 Å². The highest BCUT2D eigenvalue weighted by Crippen LogP contribution is 2.30. The molecule has 0 aliphatic rings. The molecule has 0 aliphatic carbocycles. The molecule has 0 saturated heterocycles. The fourth-order valence-corrected chi connectivity index (χ4v) is 3.85. The quantitative estimate of drug-likeness (QED) is 0.846. The van der Waals surface area contributed by atoms with Crippen molar-refractivity contribution < 1.29 is 8.42 Å². The summed E-state index contributed by atoms with van der Waals surface area (Å²) in [5.41, 5.74) is 2.56. The van der Waals surface area contributed by atoms with Gasteiger partial charge in [-0.25, -0.2) is 8.42 Å². The third-order valence-electron chi connectivity index (χ3n) is 3.09. The zero-order valence-electron chi connectivity index (χ0n) is 11.9. The van der Waals surface area contributed by atoms with Crippen molar-refractivity contribution in [3.05, 3.63) is 71.3 Å². The predicted molar refractivity (Wildman–Crippen MR) is 83.1 cm³/mol. The van der Waals surface area contributed by atoms with Gasteiger partial charge in [-0.1, -0.05) is 53.6 Å². The lowest BCUT2D eigenvalue weighted by Gasteiger charge is -2.12. The molecule has 0 unspecified atom stereocenters. The Morgan fingerprint density at radius 3 is 1.90 bits per heavy atom. The highest BCUT2D eigenvalue weighted by molar-refractivity contribution is 8.00. The predicted octanol–water partition coefficient (Wildman–Crippen LogP) is 4.22. The Bertz CT molecular complexity index is 720. The van der Waals surface area contributed by atoms with E-state index in [2.05, 4.69) is 0 Å². The van der Waals surface area contributed by atoms with E-state index in [1.54, 1.807) is 12.1 Å². The summed E-state index contributed by atoms with van der Waals surface area (Å²) in [6.45, 7) is 5.59. The van der Waals surface area contributed by atoms with E-state index in [1.165, 1.54) is 0 Å². The average molecular weight is 286 g/mol. The van der Waals surface area contributed by atoms with Crippen LogP contribution in [-0.2, 0) is 9.84 Å². The second kappa shape index (κ2) is 5.63. The molecule has 2 aromatic carbocycles. The van der Waals surface area contributed by atoms with Gasteiger partial charge in [0.1, 0.15) is 0 Å². The minimum Gasteiger partial charge on any atom is -0.218 e. The Kier molecular flexibility index (Phi) is 4.09. The number of hydrogen-bond acceptors (Lipinski definition) is 2. The number of sulfone groups is 1. The maximum Gasteiger partial charge on any atom is 0.207 e. The third kappa shape index (κ3) is 2.83. The lowest BCUT2D eigenvalue weighted by Crippen LogP contribution is -2.06. The summed E-state index contributed by atoms with van der Waals surface area (Å²) in [7, 11) is -3.49. The normalized spacial score (nSPS) is 11.2. The topological polar surface area (TPSA) is 34.1 Å². The van der Waals surface area contributed by atoms with Crippen LogP contribution in [0.25, 0.3) is 4.91 Å². The van der Waals surface area contributed by atoms with Crippen molar-refractivity contribution in [2.45, 2.75) is 25.7 Å². The molecule has 0 radical (unpaired) electrons. The molecule has 2 nitrogen and oxygen atoms in total. The monoisotopic (exact) mass is 286 g/mol. The van der Waals surface area contributed by atoms with E-state index in [9.17, 15) is 8.42 Å². The molecule has 0 N–H and O–H groups in total. The van der Waals surface area contributed by atoms with Crippen molar-refractivity contribution in [1.29, 1.82) is 0 Å². The molecule has 0 aliphatic heterocycles. The maximum absolute atomic E-state index is 12.8. The van der Waals surface area contributed by atoms with E-state index in [1.807, 2.05) is 63.2 Å². The lowest BCUT2D eigenvalue weighted by atomic mass is 10.1. The first-order valence-electron chi connectivity index (χ1n) is 6.47. The first kappa shape index (κ1) is 14.5. The fourth-order valence-electron chi connectivity index (χ4n) is 2.14. The molecule has 0 spiro atoms. The highest BCUT2D eigenvalue weighted by atomic mass is 32.2. The molecule has 104 valence electrons. The van der Waals surface area contributed by atoms with Crippen LogP contribution in [-0.4, -0.2) is 8.42 Å². The summed E-state index contributed by atoms with van der Waals surface area (Å²) in [5.74, 6) is 0. The Labute approximate surface area is 120 Å². The minimum absolute atomic E-state index is 0.336. The zero-order chi connectivity index (χ0) is 14.8. The number of hydrogen-bond donors (Lipinski definition) is 0. The molecule has 0 saturated carbocycles. The van der Waals surface area contributed by atoms with Crippen LogP contribution in [0.1, 0.15) is 25.0 Å².